The van der Waals surface area contributed by atoms with E-state index in [1.165, 1.54) is 0 Å². The normalized spacial score (nSPS) is 19.1. The summed E-state index contributed by atoms with van der Waals surface area (Å²) in [5.41, 5.74) is 0. The van der Waals surface area contributed by atoms with E-state index in [0.29, 0.717) is 11.5 Å². The molecule has 1 aliphatic rings. The van der Waals surface area contributed by atoms with E-state index in [4.69, 9.17) is 0 Å². The second kappa shape index (κ2) is 3.06. The molecule has 1 saturated heterocycles. The molecule has 1 fully saturated rings. The molecule has 0 aliphatic carbocycles. The monoisotopic (exact) mass is 161 g/mol. The van der Waals surface area contributed by atoms with Crippen molar-refractivity contribution < 1.29 is 8.63 Å². The van der Waals surface area contributed by atoms with E-state index in [-0.39, 0.29) is 6.22 Å². The minimum Gasteiger partial charge on any atom is -0.353 e. The van der Waals surface area contributed by atoms with Gasteiger partial charge in [0.25, 0.3) is 0 Å². The molecular formula is C2H2B3F2S2. The molecule has 1 radical (unpaired) electrons. The molecule has 0 nitrogen and oxygen atoms in total. The Balaban J connectivity index is 2.48. The molecule has 9 heavy (non-hydrogen) atoms. The smallest absolute Gasteiger partial charge is 0.353 e. The molecule has 0 atom stereocenters. The highest BCUT2D eigenvalue weighted by Crippen LogP contribution is 2.26. The van der Waals surface area contributed by atoms with Gasteiger partial charge in [-0.3, -0.25) is 0 Å². The first kappa shape index (κ1) is 7.60. The molecule has 45 valence electrons. The summed E-state index contributed by atoms with van der Waals surface area (Å²) >= 11 is 5.61. The lowest BCUT2D eigenvalue weighted by atomic mass is 9.27. The van der Waals surface area contributed by atoms with E-state index in [1.54, 1.807) is 0 Å². The van der Waals surface area contributed by atoms with Crippen LogP contribution in [-0.4, -0.2) is 24.4 Å². The van der Waals surface area contributed by atoms with Crippen LogP contribution in [0.3, 0.4) is 0 Å². The van der Waals surface area contributed by atoms with Gasteiger partial charge >= 0.3 is 13.7 Å². The molecule has 0 N–H and O–H groups in total. The topological polar surface area (TPSA) is 0 Å². The Morgan fingerprint density at radius 1 is 1.78 bits per heavy atom. The minimum absolute atomic E-state index is 0.208. The fourth-order valence-corrected chi connectivity index (χ4v) is 2.00. The summed E-state index contributed by atoms with van der Waals surface area (Å²) in [6, 6.07) is 0. The molecular weight excluding hydrogens is 159 g/mol. The highest BCUT2D eigenvalue weighted by Gasteiger charge is 2.37. The first-order chi connectivity index (χ1) is 4.24. The fourth-order valence-electron chi connectivity index (χ4n) is 0.660. The molecule has 0 bridgehead atoms. The van der Waals surface area contributed by atoms with E-state index in [0.717, 1.165) is 11.6 Å². The third kappa shape index (κ3) is 1.71. The largest absolute Gasteiger partial charge is 0.409 e. The van der Waals surface area contributed by atoms with Gasteiger partial charge in [-0.2, -0.15) is 0 Å². The number of hydrogen-bond acceptors (Lipinski definition) is 2. The van der Waals surface area contributed by atoms with Gasteiger partial charge in [0.05, 0.1) is 0 Å². The summed E-state index contributed by atoms with van der Waals surface area (Å²) in [7, 11) is 0.467. The molecule has 0 saturated carbocycles. The van der Waals surface area contributed by atoms with Crippen molar-refractivity contribution in [3.63, 3.8) is 0 Å². The van der Waals surface area contributed by atoms with Crippen LogP contribution in [0.15, 0.2) is 0 Å². The minimum atomic E-state index is -0.991. The summed E-state index contributed by atoms with van der Waals surface area (Å²) < 4.78 is 24.5. The molecule has 7 heteroatoms. The Morgan fingerprint density at radius 3 is 2.67 bits per heavy atom. The summed E-state index contributed by atoms with van der Waals surface area (Å²) in [5, 5.41) is 0. The first-order valence-electron chi connectivity index (χ1n) is 2.52. The summed E-state index contributed by atoms with van der Waals surface area (Å²) in [6.07, 6.45) is -0.783. The van der Waals surface area contributed by atoms with Crippen molar-refractivity contribution in [2.24, 2.45) is 0 Å². The summed E-state index contributed by atoms with van der Waals surface area (Å²) in [5.74, 6) is 0. The van der Waals surface area contributed by atoms with Crippen molar-refractivity contribution in [2.75, 3.05) is 0 Å². The van der Waals surface area contributed by atoms with Crippen LogP contribution >= 0.6 is 23.8 Å². The molecule has 0 aromatic heterocycles. The number of hydrogen-bond donors (Lipinski definition) is 0. The molecule has 1 heterocycles. The maximum absolute atomic E-state index is 12.3. The van der Waals surface area contributed by atoms with Crippen LogP contribution < -0.4 is 0 Å². The van der Waals surface area contributed by atoms with E-state index in [9.17, 15) is 8.63 Å². The van der Waals surface area contributed by atoms with Crippen molar-refractivity contribution in [1.82, 2.24) is 0 Å². The predicted octanol–water partition coefficient (Wildman–Crippen LogP) is 1.18. The lowest BCUT2D eigenvalue weighted by Crippen LogP contribution is -2.22. The van der Waals surface area contributed by atoms with Crippen LogP contribution in [0.25, 0.3) is 0 Å². The highest BCUT2D eigenvalue weighted by molar-refractivity contribution is 8.46. The van der Waals surface area contributed by atoms with E-state index < -0.39 is 12.9 Å². The van der Waals surface area contributed by atoms with Crippen LogP contribution in [0.4, 0.5) is 8.63 Å². The first-order valence-corrected chi connectivity index (χ1v) is 3.81. The van der Waals surface area contributed by atoms with Crippen molar-refractivity contribution >= 4 is 48.2 Å². The zero-order valence-electron chi connectivity index (χ0n) is 4.51. The zero-order chi connectivity index (χ0) is 6.85. The van der Waals surface area contributed by atoms with Gasteiger partial charge in [-0.05, 0) is 10.3 Å². The molecule has 0 unspecified atom stereocenters. The van der Waals surface area contributed by atoms with Crippen LogP contribution in [0.1, 0.15) is 0 Å². The van der Waals surface area contributed by atoms with Gasteiger partial charge in [-0.1, -0.05) is 12.2 Å². The van der Waals surface area contributed by atoms with E-state index >= 15 is 0 Å². The fraction of sp³-hybridized carbons (Fsp3) is 0.500. The van der Waals surface area contributed by atoms with Gasteiger partial charge in [-0.25, -0.2) is 0 Å². The van der Waals surface area contributed by atoms with Gasteiger partial charge in [0.1, 0.15) is 0 Å². The number of halogens is 2. The molecule has 0 aromatic rings. The van der Waals surface area contributed by atoms with Crippen LogP contribution in [0, 0.1) is 0 Å². The molecule has 0 aromatic carbocycles. The third-order valence-corrected chi connectivity index (χ3v) is 2.71. The Labute approximate surface area is 63.5 Å². The summed E-state index contributed by atoms with van der Waals surface area (Å²) in [6.45, 7) is -0.431. The van der Waals surface area contributed by atoms with Crippen LogP contribution in [-0.2, 0) is 0 Å². The zero-order valence-corrected chi connectivity index (χ0v) is 6.14. The van der Waals surface area contributed by atoms with Gasteiger partial charge in [0.2, 0.25) is 6.60 Å². The Kier molecular flexibility index (Phi) is 2.58. The quantitative estimate of drug-likeness (QED) is 0.417. The van der Waals surface area contributed by atoms with Crippen LogP contribution in [0.5, 0.6) is 0 Å². The van der Waals surface area contributed by atoms with Gasteiger partial charge < -0.3 is 8.63 Å². The Morgan fingerprint density at radius 2 is 2.44 bits per heavy atom. The van der Waals surface area contributed by atoms with E-state index in [2.05, 4.69) is 12.2 Å². The van der Waals surface area contributed by atoms with Crippen molar-refractivity contribution in [1.29, 1.82) is 0 Å². The van der Waals surface area contributed by atoms with Crippen LogP contribution in [0.2, 0.25) is 6.22 Å². The SMILES string of the molecule is F[B]B1CB(F)SC1=S. The van der Waals surface area contributed by atoms with Gasteiger partial charge in [0, 0.05) is 0 Å². The summed E-state index contributed by atoms with van der Waals surface area (Å²) in [4.78, 5) is 0. The highest BCUT2D eigenvalue weighted by atomic mass is 32.2. The van der Waals surface area contributed by atoms with E-state index in [1.807, 2.05) is 0 Å². The second-order valence-electron chi connectivity index (χ2n) is 1.82. The molecule has 1 aliphatic heterocycles. The average Bonchev–Trinajstić information content (AvgIpc) is 2.10. The lowest BCUT2D eigenvalue weighted by molar-refractivity contribution is 0.864. The Bertz CT molecular complexity index is 131. The molecule has 0 amide bonds. The predicted molar refractivity (Wildman–Crippen MR) is 44.5 cm³/mol. The number of rotatable bonds is 1. The second-order valence-corrected chi connectivity index (χ2v) is 3.70. The maximum Gasteiger partial charge on any atom is 0.409 e. The number of thiocarbonyl (C=S) groups is 1. The van der Waals surface area contributed by atoms with Gasteiger partial charge in [0.15, 0.2) is 0 Å². The van der Waals surface area contributed by atoms with Crippen molar-refractivity contribution in [3.8, 4) is 0 Å². The third-order valence-electron chi connectivity index (χ3n) is 1.14. The Hall–Kier alpha value is 0.495. The molecule has 1 rings (SSSR count). The standard InChI is InChI=1S/C2H2B3F2S2/c6-3-4-1-5(7)9-2(4)8/h1H2. The average molecular weight is 161 g/mol. The maximum atomic E-state index is 12.3. The van der Waals surface area contributed by atoms with Gasteiger partial charge in [-0.15, -0.1) is 11.6 Å². The van der Waals surface area contributed by atoms with Crippen molar-refractivity contribution in [3.05, 3.63) is 0 Å². The molecule has 0 spiro atoms. The lowest BCUT2D eigenvalue weighted by Gasteiger charge is -1.91. The van der Waals surface area contributed by atoms with Crippen molar-refractivity contribution in [2.45, 2.75) is 6.22 Å².